The van der Waals surface area contributed by atoms with E-state index < -0.39 is 13.9 Å². The molecule has 3 unspecified atom stereocenters. The van der Waals surface area contributed by atoms with Crippen molar-refractivity contribution in [3.05, 3.63) is 24.3 Å². The number of likely N-dealkylation sites (N-methyl/N-ethyl adjacent to an activating group) is 1. The van der Waals surface area contributed by atoms with Gasteiger partial charge in [-0.15, -0.1) is 0 Å². The van der Waals surface area contributed by atoms with Gasteiger partial charge in [0.05, 0.1) is 40.5 Å². The van der Waals surface area contributed by atoms with Crippen molar-refractivity contribution in [2.75, 3.05) is 54.1 Å². The van der Waals surface area contributed by atoms with Gasteiger partial charge in [-0.25, -0.2) is 0 Å². The molecule has 0 aromatic rings. The smallest absolute Gasteiger partial charge is 0.306 e. The largest absolute Gasteiger partial charge is 0.756 e. The second-order valence-corrected chi connectivity index (χ2v) is 17.6. The van der Waals surface area contributed by atoms with Crippen molar-refractivity contribution in [2.24, 2.45) is 0 Å². The second-order valence-electron chi connectivity index (χ2n) is 16.2. The van der Waals surface area contributed by atoms with Crippen molar-refractivity contribution in [3.63, 3.8) is 0 Å². The van der Waals surface area contributed by atoms with Crippen LogP contribution in [0.15, 0.2) is 24.3 Å². The van der Waals surface area contributed by atoms with Gasteiger partial charge in [0, 0.05) is 13.0 Å². The van der Waals surface area contributed by atoms with Crippen molar-refractivity contribution in [1.29, 1.82) is 0 Å². The number of aliphatic hydroxyl groups excluding tert-OH is 1. The van der Waals surface area contributed by atoms with E-state index in [0.29, 0.717) is 24.1 Å². The molecule has 0 aromatic carbocycles. The molecule has 0 radical (unpaired) electrons. The fraction of sp³-hybridized carbons (Fsp3) is 0.886. The number of phosphoric ester groups is 1. The van der Waals surface area contributed by atoms with Gasteiger partial charge in [0.15, 0.2) is 0 Å². The van der Waals surface area contributed by atoms with E-state index in [1.54, 1.807) is 0 Å². The molecule has 3 atom stereocenters. The summed E-state index contributed by atoms with van der Waals surface area (Å²) in [4.78, 5) is 25.0. The molecule has 0 fully saturated rings. The lowest BCUT2D eigenvalue weighted by molar-refractivity contribution is -0.870. The molecule has 54 heavy (non-hydrogen) atoms. The summed E-state index contributed by atoms with van der Waals surface area (Å²) >= 11 is 0. The first-order valence-electron chi connectivity index (χ1n) is 22.1. The molecule has 0 saturated carbocycles. The Morgan fingerprint density at radius 2 is 1.15 bits per heavy atom. The molecule has 0 aliphatic carbocycles. The van der Waals surface area contributed by atoms with Crippen LogP contribution < -0.4 is 4.89 Å². The average Bonchev–Trinajstić information content (AvgIpc) is 3.11. The van der Waals surface area contributed by atoms with Crippen molar-refractivity contribution < 1.29 is 42.4 Å². The molecule has 0 bridgehead atoms. The summed E-state index contributed by atoms with van der Waals surface area (Å²) in [7, 11) is 1.31. The zero-order valence-corrected chi connectivity index (χ0v) is 36.7. The molecule has 0 aliphatic heterocycles. The molecule has 10 heteroatoms. The molecule has 0 aromatic heterocycles. The molecule has 0 saturated heterocycles. The first-order valence-corrected chi connectivity index (χ1v) is 23.6. The summed E-state index contributed by atoms with van der Waals surface area (Å²) in [6.07, 6.45) is 37.7. The number of aliphatic hydroxyl groups is 1. The van der Waals surface area contributed by atoms with Crippen LogP contribution in [0.1, 0.15) is 187 Å². The maximum Gasteiger partial charge on any atom is 0.306 e. The van der Waals surface area contributed by atoms with E-state index in [4.69, 9.17) is 18.5 Å². The number of unbranched alkanes of at least 4 members (excludes halogenated alkanes) is 20. The molecular formula is C44H86NO8P. The van der Waals surface area contributed by atoms with E-state index in [2.05, 4.69) is 38.2 Å². The van der Waals surface area contributed by atoms with Crippen molar-refractivity contribution in [3.8, 4) is 0 Å². The SMILES string of the molecule is CCCCC/C=C/CC(O)CCCCCCCCC(=O)OC(COCCCCCCCC/C=C\CCCCCCCC)COP(=O)([O-])OCC[N+](C)(C)C. The zero-order chi connectivity index (χ0) is 40.0. The van der Waals surface area contributed by atoms with Gasteiger partial charge in [-0.1, -0.05) is 141 Å². The fourth-order valence-electron chi connectivity index (χ4n) is 6.02. The van der Waals surface area contributed by atoms with Crippen LogP contribution in [0.5, 0.6) is 0 Å². The fourth-order valence-corrected chi connectivity index (χ4v) is 6.75. The molecule has 0 spiro atoms. The molecule has 0 amide bonds. The molecule has 0 rings (SSSR count). The predicted octanol–water partition coefficient (Wildman–Crippen LogP) is 11.2. The minimum absolute atomic E-state index is 0.0122. The van der Waals surface area contributed by atoms with Crippen LogP contribution in [0.3, 0.4) is 0 Å². The van der Waals surface area contributed by atoms with Gasteiger partial charge >= 0.3 is 5.97 Å². The quantitative estimate of drug-likeness (QED) is 0.0214. The van der Waals surface area contributed by atoms with Crippen LogP contribution in [0.4, 0.5) is 0 Å². The number of ether oxygens (including phenoxy) is 2. The minimum atomic E-state index is -4.54. The highest BCUT2D eigenvalue weighted by molar-refractivity contribution is 7.45. The number of allylic oxidation sites excluding steroid dienone is 3. The highest BCUT2D eigenvalue weighted by atomic mass is 31.2. The van der Waals surface area contributed by atoms with Crippen LogP contribution in [0, 0.1) is 0 Å². The second kappa shape index (κ2) is 37.5. The lowest BCUT2D eigenvalue weighted by atomic mass is 10.0. The Morgan fingerprint density at radius 3 is 1.76 bits per heavy atom. The first-order chi connectivity index (χ1) is 26.0. The maximum atomic E-state index is 12.7. The summed E-state index contributed by atoms with van der Waals surface area (Å²) in [5.74, 6) is -0.373. The van der Waals surface area contributed by atoms with Crippen LogP contribution in [0.2, 0.25) is 0 Å². The lowest BCUT2D eigenvalue weighted by Crippen LogP contribution is -2.37. The van der Waals surface area contributed by atoms with Crippen molar-refractivity contribution in [2.45, 2.75) is 199 Å². The zero-order valence-electron chi connectivity index (χ0n) is 35.8. The molecule has 1 N–H and O–H groups in total. The Labute approximate surface area is 333 Å². The van der Waals surface area contributed by atoms with Crippen molar-refractivity contribution in [1.82, 2.24) is 0 Å². The third kappa shape index (κ3) is 40.6. The van der Waals surface area contributed by atoms with Crippen LogP contribution in [-0.2, 0) is 27.9 Å². The average molecular weight is 788 g/mol. The van der Waals surface area contributed by atoms with Crippen LogP contribution in [-0.4, -0.2) is 81.9 Å². The topological polar surface area (TPSA) is 114 Å². The maximum absolute atomic E-state index is 12.7. The summed E-state index contributed by atoms with van der Waals surface area (Å²) in [6.45, 7) is 5.26. The third-order valence-electron chi connectivity index (χ3n) is 9.55. The number of carbonyl (C=O) groups excluding carboxylic acids is 1. The first kappa shape index (κ1) is 52.9. The van der Waals surface area contributed by atoms with Gasteiger partial charge in [0.2, 0.25) is 0 Å². The molecule has 0 aliphatic rings. The van der Waals surface area contributed by atoms with Gasteiger partial charge < -0.3 is 33.0 Å². The Kier molecular flexibility index (Phi) is 36.8. The number of rotatable bonds is 41. The molecule has 320 valence electrons. The van der Waals surface area contributed by atoms with E-state index in [-0.39, 0.29) is 38.3 Å². The standard InChI is InChI=1S/C44H86NO8P/c1-6-8-10-12-14-15-16-17-18-19-20-21-22-25-29-33-38-50-40-43(41-52-54(48,49)51-39-37-45(3,4)5)53-44(47)36-32-28-24-23-27-31-35-42(46)34-30-26-13-11-9-7-2/h17-18,26,30,42-43,46H,6-16,19-25,27-29,31-41H2,1-5H3/b18-17-,30-26+. The van der Waals surface area contributed by atoms with E-state index >= 15 is 0 Å². The Bertz CT molecular complexity index is 938. The number of carbonyl (C=O) groups is 1. The van der Waals surface area contributed by atoms with Gasteiger partial charge in [-0.2, -0.15) is 0 Å². The van der Waals surface area contributed by atoms with Gasteiger partial charge in [-0.3, -0.25) is 9.36 Å². The number of nitrogens with zero attached hydrogens (tertiary/aromatic N) is 1. The number of hydrogen-bond acceptors (Lipinski definition) is 8. The summed E-state index contributed by atoms with van der Waals surface area (Å²) in [5.41, 5.74) is 0. The van der Waals surface area contributed by atoms with E-state index in [1.807, 2.05) is 21.1 Å². The Hall–Kier alpha value is -1.06. The lowest BCUT2D eigenvalue weighted by Gasteiger charge is -2.28. The molecule has 0 heterocycles. The van der Waals surface area contributed by atoms with Gasteiger partial charge in [0.1, 0.15) is 19.3 Å². The van der Waals surface area contributed by atoms with Gasteiger partial charge in [0.25, 0.3) is 7.82 Å². The van der Waals surface area contributed by atoms with E-state index in [9.17, 15) is 19.4 Å². The highest BCUT2D eigenvalue weighted by Gasteiger charge is 2.20. The van der Waals surface area contributed by atoms with E-state index in [1.165, 1.54) is 89.9 Å². The molecule has 9 nitrogen and oxygen atoms in total. The summed E-state index contributed by atoms with van der Waals surface area (Å²) in [5, 5.41) is 10.2. The summed E-state index contributed by atoms with van der Waals surface area (Å²) < 4.78 is 34.5. The number of quaternary nitrogens is 1. The monoisotopic (exact) mass is 788 g/mol. The highest BCUT2D eigenvalue weighted by Crippen LogP contribution is 2.38. The third-order valence-corrected chi connectivity index (χ3v) is 10.5. The van der Waals surface area contributed by atoms with Crippen LogP contribution >= 0.6 is 7.82 Å². The molecular weight excluding hydrogens is 701 g/mol. The Morgan fingerprint density at radius 1 is 0.648 bits per heavy atom. The van der Waals surface area contributed by atoms with E-state index in [0.717, 1.165) is 70.6 Å². The number of phosphoric acid groups is 1. The van der Waals surface area contributed by atoms with Gasteiger partial charge in [-0.05, 0) is 64.2 Å². The predicted molar refractivity (Wildman–Crippen MR) is 223 cm³/mol. The van der Waals surface area contributed by atoms with Crippen molar-refractivity contribution >= 4 is 13.8 Å². The number of esters is 1. The normalized spacial score (nSPS) is 14.6. The number of hydrogen-bond donors (Lipinski definition) is 1. The minimum Gasteiger partial charge on any atom is -0.756 e. The Balaban J connectivity index is 4.29. The van der Waals surface area contributed by atoms with Crippen LogP contribution in [0.25, 0.3) is 0 Å². The summed E-state index contributed by atoms with van der Waals surface area (Å²) in [6, 6.07) is 0.